The number of carbonyl (C=O) groups excluding carboxylic acids is 2. The van der Waals surface area contributed by atoms with Gasteiger partial charge in [0.2, 0.25) is 5.96 Å². The average molecular weight is 847 g/mol. The van der Waals surface area contributed by atoms with Gasteiger partial charge in [0.1, 0.15) is 6.10 Å². The molecular formula is C50H98N6O4. The first-order chi connectivity index (χ1) is 29.4. The third-order valence-electron chi connectivity index (χ3n) is 11.5. The quantitative estimate of drug-likeness (QED) is 0.0154. The van der Waals surface area contributed by atoms with E-state index in [1.54, 1.807) is 0 Å². The molecule has 0 aliphatic rings. The van der Waals surface area contributed by atoms with E-state index >= 15 is 0 Å². The van der Waals surface area contributed by atoms with Crippen LogP contribution in [0.25, 0.3) is 0 Å². The van der Waals surface area contributed by atoms with E-state index in [2.05, 4.69) is 46.2 Å². The van der Waals surface area contributed by atoms with Crippen LogP contribution in [0.1, 0.15) is 233 Å². The molecule has 0 aromatic heterocycles. The molecule has 0 aromatic carbocycles. The van der Waals surface area contributed by atoms with Crippen molar-refractivity contribution in [1.82, 2.24) is 20.4 Å². The number of guanidine groups is 1. The summed E-state index contributed by atoms with van der Waals surface area (Å²) < 4.78 is 11.5. The smallest absolute Gasteiger partial charge is 0.306 e. The average Bonchev–Trinajstić information content (AvgIpc) is 3.23. The van der Waals surface area contributed by atoms with Gasteiger partial charge in [-0.15, -0.1) is 0 Å². The number of nitrogens with zero attached hydrogens (tertiary/aromatic N) is 4. The molecule has 2 N–H and O–H groups in total. The van der Waals surface area contributed by atoms with Crippen LogP contribution in [0.4, 0.5) is 0 Å². The normalized spacial score (nSPS) is 12.2. The molecule has 0 aliphatic carbocycles. The van der Waals surface area contributed by atoms with Gasteiger partial charge in [-0.1, -0.05) is 156 Å². The highest BCUT2D eigenvalue weighted by molar-refractivity contribution is 5.81. The molecule has 10 heteroatoms. The van der Waals surface area contributed by atoms with Crippen molar-refractivity contribution in [1.29, 1.82) is 5.26 Å². The Morgan fingerprint density at radius 3 is 1.53 bits per heavy atom. The summed E-state index contributed by atoms with van der Waals surface area (Å²) in [5, 5.41) is 15.1. The van der Waals surface area contributed by atoms with Crippen LogP contribution >= 0.6 is 0 Å². The third kappa shape index (κ3) is 42.3. The number of aliphatic imine (C=N–C) groups is 1. The number of carbonyl (C=O) groups is 2. The summed E-state index contributed by atoms with van der Waals surface area (Å²) in [5.74, 6) is 0.520. The van der Waals surface area contributed by atoms with Gasteiger partial charge >= 0.3 is 11.9 Å². The summed E-state index contributed by atoms with van der Waals surface area (Å²) in [4.78, 5) is 34.3. The Bertz CT molecular complexity index is 1020. The van der Waals surface area contributed by atoms with E-state index in [-0.39, 0.29) is 18.0 Å². The van der Waals surface area contributed by atoms with Crippen LogP contribution in [-0.4, -0.2) is 93.8 Å². The molecule has 1 atom stereocenters. The van der Waals surface area contributed by atoms with E-state index in [9.17, 15) is 9.59 Å². The van der Waals surface area contributed by atoms with Crippen LogP contribution in [0, 0.1) is 11.5 Å². The van der Waals surface area contributed by atoms with Gasteiger partial charge in [-0.25, -0.2) is 0 Å². The number of esters is 2. The van der Waals surface area contributed by atoms with Crippen molar-refractivity contribution < 1.29 is 19.1 Å². The number of nitriles is 1. The second kappa shape index (κ2) is 46.1. The topological polar surface area (TPSA) is 119 Å². The van der Waals surface area contributed by atoms with E-state index in [0.717, 1.165) is 116 Å². The predicted octanol–water partition coefficient (Wildman–Crippen LogP) is 12.3. The summed E-state index contributed by atoms with van der Waals surface area (Å²) in [7, 11) is 4.06. The number of hydrogen-bond acceptors (Lipinski definition) is 8. The predicted molar refractivity (Wildman–Crippen MR) is 254 cm³/mol. The number of likely N-dealkylation sites (N-methyl/N-ethyl adjacent to an activating group) is 1. The van der Waals surface area contributed by atoms with Gasteiger partial charge in [0, 0.05) is 32.5 Å². The maximum atomic E-state index is 12.8. The number of ether oxygens (including phenoxy) is 2. The Labute approximate surface area is 371 Å². The zero-order valence-corrected chi connectivity index (χ0v) is 40.3. The van der Waals surface area contributed by atoms with Crippen molar-refractivity contribution in [3.63, 3.8) is 0 Å². The second-order valence-corrected chi connectivity index (χ2v) is 17.6. The lowest BCUT2D eigenvalue weighted by Gasteiger charge is -2.22. The lowest BCUT2D eigenvalue weighted by molar-refractivity contribution is -0.150. The van der Waals surface area contributed by atoms with E-state index < -0.39 is 0 Å². The molecule has 0 aromatic rings. The van der Waals surface area contributed by atoms with Gasteiger partial charge in [0.15, 0.2) is 6.19 Å². The third-order valence-corrected chi connectivity index (χ3v) is 11.5. The maximum absolute atomic E-state index is 12.8. The molecule has 0 amide bonds. The molecule has 1 unspecified atom stereocenters. The van der Waals surface area contributed by atoms with Gasteiger partial charge in [-0.2, -0.15) is 5.26 Å². The maximum Gasteiger partial charge on any atom is 0.306 e. The van der Waals surface area contributed by atoms with Crippen molar-refractivity contribution >= 4 is 17.9 Å². The SMILES string of the molecule is CCCCCCCCCOC(=O)CCCCCCCN(CCCCCCCC(=O)OC(CCCCCCC)CCCCCCCC)CCCN=C(NC#N)NCCN(C)C. The number of rotatable bonds is 45. The fourth-order valence-electron chi connectivity index (χ4n) is 7.63. The summed E-state index contributed by atoms with van der Waals surface area (Å²) in [6, 6.07) is 0. The summed E-state index contributed by atoms with van der Waals surface area (Å²) in [5.41, 5.74) is 0. The number of nitrogens with one attached hydrogen (secondary N) is 2. The van der Waals surface area contributed by atoms with Crippen molar-refractivity contribution in [3.8, 4) is 6.19 Å². The number of hydrogen-bond donors (Lipinski definition) is 2. The zero-order chi connectivity index (χ0) is 44.0. The lowest BCUT2D eigenvalue weighted by atomic mass is 10.0. The molecule has 0 saturated heterocycles. The van der Waals surface area contributed by atoms with Crippen LogP contribution < -0.4 is 10.6 Å². The first-order valence-corrected chi connectivity index (χ1v) is 25.5. The Balaban J connectivity index is 4.62. The minimum atomic E-state index is -0.0354. The Morgan fingerprint density at radius 2 is 1.02 bits per heavy atom. The van der Waals surface area contributed by atoms with Crippen LogP contribution in [0.5, 0.6) is 0 Å². The van der Waals surface area contributed by atoms with Crippen LogP contribution in [0.3, 0.4) is 0 Å². The van der Waals surface area contributed by atoms with E-state index in [4.69, 9.17) is 14.7 Å². The van der Waals surface area contributed by atoms with Crippen molar-refractivity contribution in [2.75, 3.05) is 60.0 Å². The van der Waals surface area contributed by atoms with Crippen LogP contribution in [0.15, 0.2) is 4.99 Å². The Morgan fingerprint density at radius 1 is 0.567 bits per heavy atom. The molecule has 0 aliphatic heterocycles. The minimum absolute atomic E-state index is 0.00753. The lowest BCUT2D eigenvalue weighted by Crippen LogP contribution is -2.38. The van der Waals surface area contributed by atoms with E-state index in [1.807, 2.05) is 20.3 Å². The molecule has 0 bridgehead atoms. The second-order valence-electron chi connectivity index (χ2n) is 17.6. The summed E-state index contributed by atoms with van der Waals surface area (Å²) >= 11 is 0. The van der Waals surface area contributed by atoms with Crippen LogP contribution in [0.2, 0.25) is 0 Å². The molecule has 0 rings (SSSR count). The standard InChI is InChI=1S/C50H98N6O4/c1-6-9-12-15-17-26-33-45-59-48(57)37-29-22-18-24-31-41-56(43-34-39-52-50(54-46-51)53-40-44-55(4)5)42-32-25-19-23-30-38-49(58)60-47(35-27-20-14-11-8-3)36-28-21-16-13-10-7-2/h47H,6-45H2,1-5H3,(H2,52,53,54). The Hall–Kier alpha value is -2.38. The molecular weight excluding hydrogens is 749 g/mol. The first kappa shape index (κ1) is 57.6. The largest absolute Gasteiger partial charge is 0.466 e. The van der Waals surface area contributed by atoms with Crippen LogP contribution in [-0.2, 0) is 19.1 Å². The first-order valence-electron chi connectivity index (χ1n) is 25.5. The van der Waals surface area contributed by atoms with E-state index in [1.165, 1.54) is 116 Å². The van der Waals surface area contributed by atoms with Gasteiger partial charge in [-0.05, 0) is 97.9 Å². The van der Waals surface area contributed by atoms with Crippen molar-refractivity contribution in [2.24, 2.45) is 4.99 Å². The molecule has 60 heavy (non-hydrogen) atoms. The fraction of sp³-hybridized carbons (Fsp3) is 0.920. The summed E-state index contributed by atoms with van der Waals surface area (Å²) in [6.45, 7) is 12.7. The molecule has 0 radical (unpaired) electrons. The van der Waals surface area contributed by atoms with E-state index in [0.29, 0.717) is 32.0 Å². The highest BCUT2D eigenvalue weighted by Crippen LogP contribution is 2.18. The van der Waals surface area contributed by atoms with Gasteiger partial charge in [-0.3, -0.25) is 19.9 Å². The summed E-state index contributed by atoms with van der Waals surface area (Å²) in [6.07, 6.45) is 39.6. The molecule has 10 nitrogen and oxygen atoms in total. The van der Waals surface area contributed by atoms with Gasteiger partial charge in [0.05, 0.1) is 6.61 Å². The zero-order valence-electron chi connectivity index (χ0n) is 40.3. The number of unbranched alkanes of at least 4 members (excludes halogenated alkanes) is 23. The molecule has 352 valence electrons. The fourth-order valence-corrected chi connectivity index (χ4v) is 7.63. The highest BCUT2D eigenvalue weighted by atomic mass is 16.5. The van der Waals surface area contributed by atoms with Crippen molar-refractivity contribution in [3.05, 3.63) is 0 Å². The highest BCUT2D eigenvalue weighted by Gasteiger charge is 2.14. The van der Waals surface area contributed by atoms with Crippen molar-refractivity contribution in [2.45, 2.75) is 239 Å². The monoisotopic (exact) mass is 847 g/mol. The van der Waals surface area contributed by atoms with Gasteiger partial charge < -0.3 is 24.6 Å². The minimum Gasteiger partial charge on any atom is -0.466 e. The van der Waals surface area contributed by atoms with Gasteiger partial charge in [0.25, 0.3) is 0 Å². The molecule has 0 saturated carbocycles. The molecule has 0 fully saturated rings. The molecule has 0 spiro atoms. The Kier molecular flexibility index (Phi) is 44.3. The molecule has 0 heterocycles.